The first kappa shape index (κ1) is 32.5. The van der Waals surface area contributed by atoms with Crippen molar-refractivity contribution in [2.24, 2.45) is 0 Å². The molecule has 2 N–H and O–H groups in total. The van der Waals surface area contributed by atoms with E-state index in [2.05, 4.69) is 64.4 Å². The van der Waals surface area contributed by atoms with E-state index in [0.29, 0.717) is 18.2 Å². The molecule has 9 nitrogen and oxygen atoms in total. The second-order valence-electron chi connectivity index (χ2n) is 10.4. The number of carboxylic acid groups (broad SMARTS) is 2. The van der Waals surface area contributed by atoms with Gasteiger partial charge in [-0.25, -0.2) is 14.6 Å². The number of carbonyl (C=O) groups is 2. The van der Waals surface area contributed by atoms with Crippen LogP contribution in [0.25, 0.3) is 10.2 Å². The van der Waals surface area contributed by atoms with E-state index in [1.165, 1.54) is 23.1 Å². The van der Waals surface area contributed by atoms with Crippen molar-refractivity contribution in [3.63, 3.8) is 0 Å². The molecule has 0 unspecified atom stereocenters. The lowest BCUT2D eigenvalue weighted by Gasteiger charge is -2.38. The predicted octanol–water partition coefficient (Wildman–Crippen LogP) is 6.35. The van der Waals surface area contributed by atoms with Crippen LogP contribution in [0.1, 0.15) is 31.2 Å². The summed E-state index contributed by atoms with van der Waals surface area (Å²) in [4.78, 5) is 29.3. The number of anilines is 1. The van der Waals surface area contributed by atoms with E-state index in [1.54, 1.807) is 7.11 Å². The third-order valence-electron chi connectivity index (χ3n) is 7.29. The van der Waals surface area contributed by atoms with Crippen molar-refractivity contribution in [2.45, 2.75) is 38.3 Å². The average molecular weight is 618 g/mol. The van der Waals surface area contributed by atoms with E-state index in [9.17, 15) is 9.59 Å². The Morgan fingerprint density at radius 3 is 2.18 bits per heavy atom. The third-order valence-corrected chi connectivity index (χ3v) is 8.36. The fourth-order valence-electron chi connectivity index (χ4n) is 5.01. The van der Waals surface area contributed by atoms with E-state index in [-0.39, 0.29) is 0 Å². The van der Waals surface area contributed by atoms with Crippen molar-refractivity contribution < 1.29 is 29.3 Å². The largest absolute Gasteiger partial charge is 0.497 e. The molecule has 1 aliphatic rings. The number of piperidine rings is 1. The van der Waals surface area contributed by atoms with Gasteiger partial charge < -0.3 is 29.5 Å². The van der Waals surface area contributed by atoms with Gasteiger partial charge in [-0.2, -0.15) is 0 Å². The fourth-order valence-corrected chi connectivity index (χ4v) is 6.05. The zero-order valence-corrected chi connectivity index (χ0v) is 25.7. The highest BCUT2D eigenvalue weighted by atomic mass is 32.1. The highest BCUT2D eigenvalue weighted by molar-refractivity contribution is 7.22. The summed E-state index contributed by atoms with van der Waals surface area (Å²) >= 11 is 1.82. The number of methoxy groups -OCH3 is 1. The molecule has 5 rings (SSSR count). The number of benzene rings is 3. The predicted molar refractivity (Wildman–Crippen MR) is 174 cm³/mol. The number of nitrogens with zero attached hydrogens (tertiary/aromatic N) is 3. The number of aliphatic carboxylic acids is 2. The van der Waals surface area contributed by atoms with Gasteiger partial charge in [0.2, 0.25) is 0 Å². The zero-order chi connectivity index (χ0) is 31.1. The smallest absolute Gasteiger partial charge is 0.328 e. The fraction of sp³-hybridized carbons (Fsp3) is 0.324. The van der Waals surface area contributed by atoms with Crippen molar-refractivity contribution in [3.8, 4) is 11.5 Å². The molecule has 0 spiro atoms. The lowest BCUT2D eigenvalue weighted by atomic mass is 10.0. The molecule has 2 heterocycles. The molecule has 44 heavy (non-hydrogen) atoms. The van der Waals surface area contributed by atoms with Crippen molar-refractivity contribution >= 4 is 38.6 Å². The molecule has 1 aromatic heterocycles. The Morgan fingerprint density at radius 1 is 0.909 bits per heavy atom. The van der Waals surface area contributed by atoms with Crippen molar-refractivity contribution in [1.29, 1.82) is 0 Å². The van der Waals surface area contributed by atoms with Gasteiger partial charge in [-0.15, -0.1) is 0 Å². The number of fused-ring (bicyclic) bond motifs is 1. The molecule has 3 aromatic carbocycles. The van der Waals surface area contributed by atoms with Crippen molar-refractivity contribution in [2.75, 3.05) is 38.3 Å². The van der Waals surface area contributed by atoms with Crippen LogP contribution in [0.3, 0.4) is 0 Å². The Balaban J connectivity index is 0.000000488. The maximum atomic E-state index is 9.55. The summed E-state index contributed by atoms with van der Waals surface area (Å²) < 4.78 is 12.4. The normalized spacial score (nSPS) is 13.8. The quantitative estimate of drug-likeness (QED) is 0.131. The molecule has 0 atom stereocenters. The number of thiazole rings is 1. The maximum Gasteiger partial charge on any atom is 0.328 e. The second kappa shape index (κ2) is 17.0. The summed E-state index contributed by atoms with van der Waals surface area (Å²) in [5, 5.41) is 16.8. The van der Waals surface area contributed by atoms with Crippen LogP contribution in [0.15, 0.2) is 91.0 Å². The molecular weight excluding hydrogens is 578 g/mol. The van der Waals surface area contributed by atoms with Gasteiger partial charge in [0.05, 0.1) is 23.9 Å². The summed E-state index contributed by atoms with van der Waals surface area (Å²) in [7, 11) is 1.68. The maximum absolute atomic E-state index is 9.55. The molecule has 4 aromatic rings. The van der Waals surface area contributed by atoms with Gasteiger partial charge in [-0.05, 0) is 74.2 Å². The molecule has 0 bridgehead atoms. The summed E-state index contributed by atoms with van der Waals surface area (Å²) in [6.07, 6.45) is 5.69. The summed E-state index contributed by atoms with van der Waals surface area (Å²) in [6.45, 7) is 5.08. The van der Waals surface area contributed by atoms with Crippen LogP contribution in [0.2, 0.25) is 0 Å². The van der Waals surface area contributed by atoms with Gasteiger partial charge in [0.1, 0.15) is 11.5 Å². The van der Waals surface area contributed by atoms with E-state index in [0.717, 1.165) is 67.8 Å². The van der Waals surface area contributed by atoms with Gasteiger partial charge in [0, 0.05) is 37.8 Å². The number of aromatic nitrogens is 1. The number of carboxylic acids is 2. The van der Waals surface area contributed by atoms with Gasteiger partial charge in [0.15, 0.2) is 5.13 Å². The van der Waals surface area contributed by atoms with Crippen LogP contribution < -0.4 is 14.4 Å². The molecule has 0 amide bonds. The number of unbranched alkanes of at least 4 members (excludes halogenated alkanes) is 1. The van der Waals surface area contributed by atoms with Gasteiger partial charge in [-0.3, -0.25) is 0 Å². The van der Waals surface area contributed by atoms with Gasteiger partial charge >= 0.3 is 11.9 Å². The van der Waals surface area contributed by atoms with Crippen molar-refractivity contribution in [3.05, 3.63) is 96.6 Å². The van der Waals surface area contributed by atoms with Crippen LogP contribution in [-0.2, 0) is 16.1 Å². The molecule has 0 aliphatic carbocycles. The number of rotatable bonds is 13. The first-order chi connectivity index (χ1) is 21.4. The monoisotopic (exact) mass is 617 g/mol. The third kappa shape index (κ3) is 10.4. The van der Waals surface area contributed by atoms with Crippen LogP contribution in [0, 0.1) is 0 Å². The highest BCUT2D eigenvalue weighted by Crippen LogP contribution is 2.33. The number of hydrogen-bond donors (Lipinski definition) is 2. The minimum atomic E-state index is -1.26. The van der Waals surface area contributed by atoms with Gasteiger partial charge in [0.25, 0.3) is 0 Å². The lowest BCUT2D eigenvalue weighted by Crippen LogP contribution is -2.45. The van der Waals surface area contributed by atoms with Gasteiger partial charge in [-0.1, -0.05) is 53.8 Å². The Kier molecular flexibility index (Phi) is 12.6. The first-order valence-electron chi connectivity index (χ1n) is 14.7. The summed E-state index contributed by atoms with van der Waals surface area (Å²) in [5.41, 5.74) is 2.45. The Bertz CT molecular complexity index is 1430. The van der Waals surface area contributed by atoms with E-state index < -0.39 is 11.9 Å². The van der Waals surface area contributed by atoms with E-state index in [4.69, 9.17) is 24.7 Å². The minimum absolute atomic E-state index is 0.514. The topological polar surface area (TPSA) is 112 Å². The molecule has 1 fully saturated rings. The number of hydrogen-bond acceptors (Lipinski definition) is 8. The summed E-state index contributed by atoms with van der Waals surface area (Å²) in [5.74, 6) is -0.749. The van der Waals surface area contributed by atoms with Crippen LogP contribution in [0.4, 0.5) is 5.13 Å². The van der Waals surface area contributed by atoms with Crippen molar-refractivity contribution in [1.82, 2.24) is 9.88 Å². The molecule has 0 saturated carbocycles. The Hall–Kier alpha value is -4.41. The lowest BCUT2D eigenvalue weighted by molar-refractivity contribution is -0.134. The Morgan fingerprint density at radius 2 is 1.55 bits per heavy atom. The Labute approximate surface area is 262 Å². The van der Waals surface area contributed by atoms with E-state index >= 15 is 0 Å². The number of para-hydroxylation sites is 1. The van der Waals surface area contributed by atoms with Crippen LogP contribution in [-0.4, -0.2) is 71.4 Å². The molecule has 10 heteroatoms. The number of ether oxygens (including phenoxy) is 2. The van der Waals surface area contributed by atoms with Crippen LogP contribution >= 0.6 is 11.3 Å². The molecule has 1 saturated heterocycles. The highest BCUT2D eigenvalue weighted by Gasteiger charge is 2.27. The number of likely N-dealkylation sites (tertiary alicyclic amines) is 1. The minimum Gasteiger partial charge on any atom is -0.497 e. The zero-order valence-electron chi connectivity index (χ0n) is 24.9. The molecular formula is C34H39N3O6S. The standard InChI is InChI=1S/C30H35N3O2S.C4H4O4/c1-34-26-13-15-27(16-14-26)35-22-8-7-19-32-20-17-25(18-21-32)33(23-24-9-3-2-4-10-24)30-31-28-11-5-6-12-29(28)36-30;5-3(6)1-2-4(7)8/h2-6,9-16,25H,7-8,17-23H2,1H3;1-2H,(H,5,6)(H,7,8)/b;2-1+. The first-order valence-corrected chi connectivity index (χ1v) is 15.5. The summed E-state index contributed by atoms with van der Waals surface area (Å²) in [6, 6.07) is 27.6. The average Bonchev–Trinajstić information content (AvgIpc) is 3.48. The molecule has 232 valence electrons. The molecule has 1 aliphatic heterocycles. The van der Waals surface area contributed by atoms with Crippen LogP contribution in [0.5, 0.6) is 11.5 Å². The second-order valence-corrected chi connectivity index (χ2v) is 11.4. The SMILES string of the molecule is COc1ccc(OCCCCN2CCC(N(Cc3ccccc3)c3nc4ccccc4s3)CC2)cc1.O=C(O)/C=C/C(=O)O. The molecule has 0 radical (unpaired) electrons. The van der Waals surface area contributed by atoms with E-state index in [1.807, 2.05) is 35.6 Å².